The Bertz CT molecular complexity index is 528. The Morgan fingerprint density at radius 3 is 2.56 bits per heavy atom. The lowest BCUT2D eigenvalue weighted by atomic mass is 10.1. The number of fused-ring (bicyclic) bond motifs is 1. The van der Waals surface area contributed by atoms with E-state index in [1.165, 1.54) is 21.8 Å². The van der Waals surface area contributed by atoms with Crippen LogP contribution in [0.1, 0.15) is 29.9 Å². The number of rotatable bonds is 2. The lowest BCUT2D eigenvalue weighted by Gasteiger charge is -2.04. The zero-order valence-corrected chi connectivity index (χ0v) is 11.3. The average Bonchev–Trinajstić information content (AvgIpc) is 2.70. The van der Waals surface area contributed by atoms with E-state index < -0.39 is 0 Å². The molecule has 0 aliphatic rings. The van der Waals surface area contributed by atoms with Crippen LogP contribution in [0.3, 0.4) is 0 Å². The van der Waals surface area contributed by atoms with E-state index in [9.17, 15) is 0 Å². The molecule has 2 nitrogen and oxygen atoms in total. The third-order valence-corrected chi connectivity index (χ3v) is 3.78. The summed E-state index contributed by atoms with van der Waals surface area (Å²) in [5.41, 5.74) is 3.41. The van der Waals surface area contributed by atoms with E-state index in [-0.39, 0.29) is 6.10 Å². The average molecular weight is 236 g/mol. The highest BCUT2D eigenvalue weighted by Gasteiger charge is 2.14. The van der Waals surface area contributed by atoms with Crippen LogP contribution in [0.15, 0.2) is 16.5 Å². The molecule has 0 aliphatic heterocycles. The van der Waals surface area contributed by atoms with Gasteiger partial charge in [-0.2, -0.15) is 0 Å². The van der Waals surface area contributed by atoms with Crippen LogP contribution in [0.5, 0.6) is 0 Å². The Morgan fingerprint density at radius 2 is 1.94 bits per heavy atom. The number of furan rings is 1. The Hall–Kier alpha value is -0.850. The van der Waals surface area contributed by atoms with Crippen molar-refractivity contribution in [3.63, 3.8) is 0 Å². The lowest BCUT2D eigenvalue weighted by molar-refractivity contribution is 0.101. The molecule has 2 aromatic rings. The molecular formula is C13H17O2P. The van der Waals surface area contributed by atoms with Gasteiger partial charge in [0, 0.05) is 12.5 Å². The summed E-state index contributed by atoms with van der Waals surface area (Å²) in [5, 5.41) is 2.38. The first-order valence-electron chi connectivity index (χ1n) is 5.36. The first kappa shape index (κ1) is 11.6. The predicted octanol–water partition coefficient (Wildman–Crippen LogP) is 3.26. The van der Waals surface area contributed by atoms with Crippen LogP contribution < -0.4 is 5.30 Å². The van der Waals surface area contributed by atoms with Gasteiger partial charge in [-0.25, -0.2) is 0 Å². The van der Waals surface area contributed by atoms with Gasteiger partial charge in [-0.05, 0) is 43.3 Å². The van der Waals surface area contributed by atoms with E-state index >= 15 is 0 Å². The molecule has 0 spiro atoms. The van der Waals surface area contributed by atoms with E-state index in [2.05, 4.69) is 35.2 Å². The molecule has 1 aromatic carbocycles. The van der Waals surface area contributed by atoms with Crippen LogP contribution in [-0.4, -0.2) is 7.11 Å². The summed E-state index contributed by atoms with van der Waals surface area (Å²) in [6, 6.07) is 4.22. The first-order valence-corrected chi connectivity index (χ1v) is 5.94. The molecule has 1 aromatic heterocycles. The van der Waals surface area contributed by atoms with Crippen LogP contribution in [0.25, 0.3) is 11.0 Å². The zero-order valence-electron chi connectivity index (χ0n) is 10.1. The molecule has 0 saturated carbocycles. The highest BCUT2D eigenvalue weighted by Crippen LogP contribution is 2.28. The predicted molar refractivity (Wildman–Crippen MR) is 70.5 cm³/mol. The molecule has 2 rings (SSSR count). The maximum absolute atomic E-state index is 5.85. The van der Waals surface area contributed by atoms with Gasteiger partial charge in [-0.3, -0.25) is 0 Å². The molecule has 0 radical (unpaired) electrons. The smallest absolute Gasteiger partial charge is 0.137 e. The van der Waals surface area contributed by atoms with Gasteiger partial charge < -0.3 is 9.15 Å². The van der Waals surface area contributed by atoms with Crippen molar-refractivity contribution in [2.24, 2.45) is 0 Å². The van der Waals surface area contributed by atoms with Crippen LogP contribution in [0.4, 0.5) is 0 Å². The summed E-state index contributed by atoms with van der Waals surface area (Å²) in [6.07, 6.45) is -0.00324. The minimum absolute atomic E-state index is 0.00324. The molecule has 1 heterocycles. The summed E-state index contributed by atoms with van der Waals surface area (Å²) in [6.45, 7) is 6.17. The van der Waals surface area contributed by atoms with E-state index in [1.54, 1.807) is 7.11 Å². The van der Waals surface area contributed by atoms with E-state index in [0.717, 1.165) is 11.3 Å². The fraction of sp³-hybridized carbons (Fsp3) is 0.385. The Morgan fingerprint density at radius 1 is 1.25 bits per heavy atom. The van der Waals surface area contributed by atoms with Crippen molar-refractivity contribution in [1.29, 1.82) is 0 Å². The number of ether oxygens (including phenoxy) is 1. The second-order valence-electron chi connectivity index (χ2n) is 4.19. The molecule has 0 fully saturated rings. The quantitative estimate of drug-likeness (QED) is 0.747. The summed E-state index contributed by atoms with van der Waals surface area (Å²) in [5.74, 6) is 0.884. The molecule has 16 heavy (non-hydrogen) atoms. The fourth-order valence-electron chi connectivity index (χ4n) is 1.90. The monoisotopic (exact) mass is 236 g/mol. The lowest BCUT2D eigenvalue weighted by Crippen LogP contribution is -1.98. The van der Waals surface area contributed by atoms with Crippen LogP contribution in [0, 0.1) is 13.8 Å². The van der Waals surface area contributed by atoms with E-state index in [1.807, 2.05) is 6.92 Å². The fourth-order valence-corrected chi connectivity index (χ4v) is 2.20. The first-order chi connectivity index (χ1) is 7.54. The molecule has 2 atom stereocenters. The Kier molecular flexibility index (Phi) is 3.05. The minimum atomic E-state index is -0.00324. The third-order valence-electron chi connectivity index (χ3n) is 3.01. The SMILES string of the molecule is COC(C)c1cc2c(P)c(C)cc(C)c2o1. The normalized spacial score (nSPS) is 13.3. The maximum Gasteiger partial charge on any atom is 0.137 e. The molecule has 0 bridgehead atoms. The topological polar surface area (TPSA) is 22.4 Å². The molecule has 3 heteroatoms. The van der Waals surface area contributed by atoms with E-state index in [4.69, 9.17) is 9.15 Å². The van der Waals surface area contributed by atoms with Crippen molar-refractivity contribution in [3.8, 4) is 0 Å². The van der Waals surface area contributed by atoms with E-state index in [0.29, 0.717) is 0 Å². The van der Waals surface area contributed by atoms with Gasteiger partial charge in [0.25, 0.3) is 0 Å². The largest absolute Gasteiger partial charge is 0.458 e. The van der Waals surface area contributed by atoms with Crippen LogP contribution >= 0.6 is 9.24 Å². The number of benzene rings is 1. The Balaban J connectivity index is 2.70. The molecule has 0 N–H and O–H groups in total. The standard InChI is InChI=1S/C13H17O2P/c1-7-5-8(2)13(16)10-6-11(9(3)14-4)15-12(7)10/h5-6,9H,16H2,1-4H3. The van der Waals surface area contributed by atoms with Crippen molar-refractivity contribution in [3.05, 3.63) is 29.0 Å². The van der Waals surface area contributed by atoms with Gasteiger partial charge in [-0.1, -0.05) is 6.07 Å². The van der Waals surface area contributed by atoms with Crippen molar-refractivity contribution in [2.45, 2.75) is 26.9 Å². The van der Waals surface area contributed by atoms with Gasteiger partial charge in [0.2, 0.25) is 0 Å². The summed E-state index contributed by atoms with van der Waals surface area (Å²) in [4.78, 5) is 0. The molecular weight excluding hydrogens is 219 g/mol. The van der Waals surface area contributed by atoms with Gasteiger partial charge in [0.05, 0.1) is 0 Å². The summed E-state index contributed by atoms with van der Waals surface area (Å²) >= 11 is 0. The summed E-state index contributed by atoms with van der Waals surface area (Å²) in [7, 11) is 4.48. The van der Waals surface area contributed by atoms with Gasteiger partial charge in [0.15, 0.2) is 0 Å². The third kappa shape index (κ3) is 1.77. The highest BCUT2D eigenvalue weighted by atomic mass is 31.0. The van der Waals surface area contributed by atoms with Gasteiger partial charge in [-0.15, -0.1) is 9.24 Å². The number of hydrogen-bond donors (Lipinski definition) is 0. The maximum atomic E-state index is 5.85. The van der Waals surface area contributed by atoms with Crippen LogP contribution in [0.2, 0.25) is 0 Å². The Labute approximate surface area is 98.2 Å². The van der Waals surface area contributed by atoms with Gasteiger partial charge in [0.1, 0.15) is 17.4 Å². The number of aryl methyl sites for hydroxylation is 2. The molecule has 0 saturated heterocycles. The van der Waals surface area contributed by atoms with Crippen molar-refractivity contribution in [2.75, 3.05) is 7.11 Å². The second-order valence-corrected chi connectivity index (χ2v) is 4.77. The summed E-state index contributed by atoms with van der Waals surface area (Å²) < 4.78 is 11.1. The number of methoxy groups -OCH3 is 1. The molecule has 0 aliphatic carbocycles. The second kappa shape index (κ2) is 4.20. The highest BCUT2D eigenvalue weighted by molar-refractivity contribution is 7.28. The zero-order chi connectivity index (χ0) is 11.9. The molecule has 0 amide bonds. The molecule has 86 valence electrons. The minimum Gasteiger partial charge on any atom is -0.458 e. The van der Waals surface area contributed by atoms with Gasteiger partial charge >= 0.3 is 0 Å². The van der Waals surface area contributed by atoms with Crippen LogP contribution in [-0.2, 0) is 4.74 Å². The van der Waals surface area contributed by atoms with Crippen molar-refractivity contribution >= 4 is 25.5 Å². The van der Waals surface area contributed by atoms with Crippen molar-refractivity contribution < 1.29 is 9.15 Å². The molecule has 2 unspecified atom stereocenters. The number of hydrogen-bond acceptors (Lipinski definition) is 2. The van der Waals surface area contributed by atoms with Crippen molar-refractivity contribution in [1.82, 2.24) is 0 Å².